The van der Waals surface area contributed by atoms with E-state index in [-0.39, 0.29) is 13.0 Å². The Morgan fingerprint density at radius 1 is 1.03 bits per heavy atom. The summed E-state index contributed by atoms with van der Waals surface area (Å²) in [7, 11) is 0. The first kappa shape index (κ1) is 24.1. The maximum atomic E-state index is 13.5. The van der Waals surface area contributed by atoms with Gasteiger partial charge >= 0.3 is 5.97 Å². The van der Waals surface area contributed by atoms with Crippen molar-refractivity contribution in [1.82, 2.24) is 0 Å². The number of nitrogens with two attached hydrogens (primary N) is 1. The zero-order valence-corrected chi connectivity index (χ0v) is 18.6. The molecule has 0 aromatic heterocycles. The minimum Gasteiger partial charge on any atom is -0.488 e. The highest BCUT2D eigenvalue weighted by atomic mass is 19.1. The van der Waals surface area contributed by atoms with Crippen LogP contribution in [0, 0.1) is 11.6 Å². The average molecular weight is 452 g/mol. The normalized spacial score (nSPS) is 12.6. The summed E-state index contributed by atoms with van der Waals surface area (Å²) in [5.41, 5.74) is 9.65. The summed E-state index contributed by atoms with van der Waals surface area (Å²) in [5.74, 6) is -1.55. The molecule has 0 heterocycles. The quantitative estimate of drug-likeness (QED) is 0.425. The van der Waals surface area contributed by atoms with E-state index in [1.807, 2.05) is 36.4 Å². The molecule has 0 aliphatic rings. The molecular formula is C27H27F2NO3. The fourth-order valence-corrected chi connectivity index (χ4v) is 3.45. The molecule has 4 nitrogen and oxygen atoms in total. The van der Waals surface area contributed by atoms with Crippen molar-refractivity contribution in [2.75, 3.05) is 0 Å². The fraction of sp³-hybridized carbons (Fsp3) is 0.222. The van der Waals surface area contributed by atoms with E-state index < -0.39 is 23.6 Å². The van der Waals surface area contributed by atoms with Crippen molar-refractivity contribution in [1.29, 1.82) is 0 Å². The first-order valence-electron chi connectivity index (χ1n) is 10.7. The van der Waals surface area contributed by atoms with Gasteiger partial charge < -0.3 is 15.6 Å². The van der Waals surface area contributed by atoms with E-state index in [1.165, 1.54) is 17.7 Å². The molecule has 0 aliphatic heterocycles. The number of hydrogen-bond acceptors (Lipinski definition) is 3. The summed E-state index contributed by atoms with van der Waals surface area (Å²) < 4.78 is 33.0. The Labute approximate surface area is 192 Å². The summed E-state index contributed by atoms with van der Waals surface area (Å²) in [4.78, 5) is 11.2. The second-order valence-electron chi connectivity index (χ2n) is 8.14. The fourth-order valence-electron chi connectivity index (χ4n) is 3.45. The lowest BCUT2D eigenvalue weighted by Crippen LogP contribution is -2.29. The monoisotopic (exact) mass is 451 g/mol. The van der Waals surface area contributed by atoms with Crippen LogP contribution < -0.4 is 10.5 Å². The second-order valence-corrected chi connectivity index (χ2v) is 8.14. The van der Waals surface area contributed by atoms with Gasteiger partial charge in [-0.2, -0.15) is 0 Å². The Bertz CT molecular complexity index is 1120. The van der Waals surface area contributed by atoms with E-state index >= 15 is 0 Å². The second kappa shape index (κ2) is 10.9. The van der Waals surface area contributed by atoms with E-state index in [1.54, 1.807) is 18.2 Å². The molecule has 3 rings (SSSR count). The molecule has 0 saturated carbocycles. The molecule has 0 spiro atoms. The first-order chi connectivity index (χ1) is 15.7. The third-order valence-corrected chi connectivity index (χ3v) is 5.28. The van der Waals surface area contributed by atoms with Crippen LogP contribution in [0.5, 0.6) is 5.75 Å². The third-order valence-electron chi connectivity index (χ3n) is 5.28. The Hall–Kier alpha value is -3.51. The highest BCUT2D eigenvalue weighted by Gasteiger charge is 2.15. The van der Waals surface area contributed by atoms with Crippen molar-refractivity contribution >= 4 is 11.5 Å². The molecule has 3 N–H and O–H groups in total. The number of aliphatic carboxylic acids is 1. The molecule has 1 atom stereocenters. The third kappa shape index (κ3) is 6.49. The first-order valence-corrected chi connectivity index (χ1v) is 10.7. The van der Waals surface area contributed by atoms with Crippen molar-refractivity contribution in [3.63, 3.8) is 0 Å². The number of benzene rings is 3. The lowest BCUT2D eigenvalue weighted by atomic mass is 9.93. The van der Waals surface area contributed by atoms with E-state index in [4.69, 9.17) is 10.5 Å². The van der Waals surface area contributed by atoms with Gasteiger partial charge in [0.15, 0.2) is 0 Å². The van der Waals surface area contributed by atoms with Crippen molar-refractivity contribution in [3.05, 3.63) is 107 Å². The van der Waals surface area contributed by atoms with E-state index in [0.717, 1.165) is 22.8 Å². The highest BCUT2D eigenvalue weighted by molar-refractivity contribution is 5.83. The van der Waals surface area contributed by atoms with Gasteiger partial charge in [-0.1, -0.05) is 62.4 Å². The van der Waals surface area contributed by atoms with Crippen LogP contribution in [0.25, 0.3) is 5.57 Å². The van der Waals surface area contributed by atoms with Crippen LogP contribution in [0.15, 0.2) is 72.8 Å². The minimum atomic E-state index is -1.08. The molecule has 0 amide bonds. The van der Waals surface area contributed by atoms with Gasteiger partial charge in [-0.25, -0.2) is 8.78 Å². The zero-order valence-electron chi connectivity index (χ0n) is 18.6. The molecule has 3 aromatic rings. The summed E-state index contributed by atoms with van der Waals surface area (Å²) in [6, 6.07) is 17.5. The maximum absolute atomic E-state index is 13.5. The molecule has 0 radical (unpaired) electrons. The molecule has 172 valence electrons. The van der Waals surface area contributed by atoms with Gasteiger partial charge in [-0.15, -0.1) is 0 Å². The summed E-state index contributed by atoms with van der Waals surface area (Å²) in [6.07, 6.45) is 1.91. The molecule has 0 fully saturated rings. The number of rotatable bonds is 9. The topological polar surface area (TPSA) is 72.6 Å². The van der Waals surface area contributed by atoms with Crippen LogP contribution >= 0.6 is 0 Å². The number of carboxylic acids is 1. The predicted octanol–water partition coefficient (Wildman–Crippen LogP) is 5.90. The molecule has 1 unspecified atom stereocenters. The van der Waals surface area contributed by atoms with E-state index in [9.17, 15) is 18.7 Å². The smallest absolute Gasteiger partial charge is 0.320 e. The number of hydrogen-bond donors (Lipinski definition) is 2. The largest absolute Gasteiger partial charge is 0.488 e. The summed E-state index contributed by atoms with van der Waals surface area (Å²) >= 11 is 0. The maximum Gasteiger partial charge on any atom is 0.320 e. The molecule has 0 saturated heterocycles. The number of para-hydroxylation sites is 1. The lowest BCUT2D eigenvalue weighted by Gasteiger charge is -2.16. The van der Waals surface area contributed by atoms with Crippen LogP contribution in [0.1, 0.15) is 48.4 Å². The van der Waals surface area contributed by atoms with Gasteiger partial charge in [-0.05, 0) is 52.8 Å². The van der Waals surface area contributed by atoms with Crippen molar-refractivity contribution in [3.8, 4) is 5.75 Å². The standard InChI is InChI=1S/C27H27F2NO3/c1-17(2)19-7-9-20(10-8-19)23(11-12-25(30)27(31)32)24-5-3-4-6-26(24)33-16-18-13-21(28)15-22(29)14-18/h3-11,13-15,17,25H,12,16,30H2,1-2H3,(H,31,32)/b23-11+. The summed E-state index contributed by atoms with van der Waals surface area (Å²) in [5, 5.41) is 9.20. The van der Waals surface area contributed by atoms with E-state index in [0.29, 0.717) is 17.2 Å². The average Bonchev–Trinajstić information content (AvgIpc) is 2.78. The van der Waals surface area contributed by atoms with Crippen LogP contribution in [-0.2, 0) is 11.4 Å². The lowest BCUT2D eigenvalue weighted by molar-refractivity contribution is -0.138. The van der Waals surface area contributed by atoms with Gasteiger partial charge in [0.05, 0.1) is 0 Å². The van der Waals surface area contributed by atoms with Crippen molar-refractivity contribution in [2.45, 2.75) is 38.8 Å². The minimum absolute atomic E-state index is 0.0279. The molecule has 0 bridgehead atoms. The Morgan fingerprint density at radius 3 is 2.27 bits per heavy atom. The van der Waals surface area contributed by atoms with Gasteiger partial charge in [0, 0.05) is 11.6 Å². The SMILES string of the molecule is CC(C)c1ccc(/C(=C\CC(N)C(=O)O)c2ccccc2OCc2cc(F)cc(F)c2)cc1. The van der Waals surface area contributed by atoms with Crippen LogP contribution in [-0.4, -0.2) is 17.1 Å². The Morgan fingerprint density at radius 2 is 1.67 bits per heavy atom. The zero-order chi connectivity index (χ0) is 24.0. The van der Waals surface area contributed by atoms with Gasteiger partial charge in [-0.3, -0.25) is 4.79 Å². The number of halogens is 2. The van der Waals surface area contributed by atoms with Crippen molar-refractivity contribution < 1.29 is 23.4 Å². The molecule has 33 heavy (non-hydrogen) atoms. The van der Waals surface area contributed by atoms with Gasteiger partial charge in [0.1, 0.15) is 30.0 Å². The van der Waals surface area contributed by atoms with Crippen LogP contribution in [0.2, 0.25) is 0 Å². The van der Waals surface area contributed by atoms with Crippen LogP contribution in [0.3, 0.4) is 0 Å². The Kier molecular flexibility index (Phi) is 7.96. The van der Waals surface area contributed by atoms with Crippen LogP contribution in [0.4, 0.5) is 8.78 Å². The molecule has 0 aliphatic carbocycles. The number of carboxylic acid groups (broad SMARTS) is 1. The Balaban J connectivity index is 1.97. The van der Waals surface area contributed by atoms with Gasteiger partial charge in [0.2, 0.25) is 0 Å². The molecule has 6 heteroatoms. The van der Waals surface area contributed by atoms with Crippen molar-refractivity contribution in [2.24, 2.45) is 5.73 Å². The summed E-state index contributed by atoms with van der Waals surface area (Å²) in [6.45, 7) is 4.19. The molecular weight excluding hydrogens is 424 g/mol. The number of carbonyl (C=O) groups is 1. The van der Waals surface area contributed by atoms with Gasteiger partial charge in [0.25, 0.3) is 0 Å². The highest BCUT2D eigenvalue weighted by Crippen LogP contribution is 2.33. The predicted molar refractivity (Wildman–Crippen MR) is 125 cm³/mol. The molecule has 3 aromatic carbocycles. The van der Waals surface area contributed by atoms with E-state index in [2.05, 4.69) is 13.8 Å². The number of ether oxygens (including phenoxy) is 1.